The van der Waals surface area contributed by atoms with Gasteiger partial charge in [0.2, 0.25) is 0 Å². The minimum Gasteiger partial charge on any atom is -0.382 e. The smallest absolute Gasteiger partial charge is 0.265 e. The Kier molecular flexibility index (Phi) is 5.80. The van der Waals surface area contributed by atoms with Crippen LogP contribution in [0.4, 0.5) is 10.9 Å². The van der Waals surface area contributed by atoms with Crippen molar-refractivity contribution in [1.82, 2.24) is 10.3 Å². The van der Waals surface area contributed by atoms with Crippen molar-refractivity contribution in [2.45, 2.75) is 41.0 Å². The second-order valence-corrected chi connectivity index (χ2v) is 7.21. The van der Waals surface area contributed by atoms with Crippen LogP contribution in [0.3, 0.4) is 0 Å². The van der Waals surface area contributed by atoms with E-state index in [4.69, 9.17) is 5.73 Å². The van der Waals surface area contributed by atoms with Crippen LogP contribution in [0.2, 0.25) is 0 Å². The predicted molar refractivity (Wildman–Crippen MR) is 86.3 cm³/mol. The molecule has 0 aliphatic heterocycles. The van der Waals surface area contributed by atoms with Gasteiger partial charge in [0, 0.05) is 13.1 Å². The van der Waals surface area contributed by atoms with Crippen molar-refractivity contribution in [3.63, 3.8) is 0 Å². The number of hydrogen-bond donors (Lipinski definition) is 3. The molecule has 4 N–H and O–H groups in total. The number of anilines is 2. The van der Waals surface area contributed by atoms with Gasteiger partial charge >= 0.3 is 0 Å². The number of nitrogens with two attached hydrogens (primary N) is 1. The first kappa shape index (κ1) is 16.8. The fourth-order valence-corrected chi connectivity index (χ4v) is 2.19. The van der Waals surface area contributed by atoms with Crippen molar-refractivity contribution in [1.29, 1.82) is 0 Å². The molecule has 5 nitrogen and oxygen atoms in total. The minimum absolute atomic E-state index is 0.0911. The zero-order chi connectivity index (χ0) is 15.3. The van der Waals surface area contributed by atoms with Gasteiger partial charge in [-0.05, 0) is 17.8 Å². The predicted octanol–water partition coefficient (Wildman–Crippen LogP) is 2.96. The van der Waals surface area contributed by atoms with E-state index in [0.29, 0.717) is 28.3 Å². The Bertz CT molecular complexity index is 454. The molecule has 0 aliphatic rings. The molecule has 0 bridgehead atoms. The highest BCUT2D eigenvalue weighted by Gasteiger charge is 2.20. The largest absolute Gasteiger partial charge is 0.382 e. The summed E-state index contributed by atoms with van der Waals surface area (Å²) in [5.41, 5.74) is 5.91. The molecule has 1 aromatic rings. The van der Waals surface area contributed by atoms with E-state index in [1.807, 2.05) is 0 Å². The molecule has 0 saturated carbocycles. The van der Waals surface area contributed by atoms with Gasteiger partial charge in [-0.3, -0.25) is 4.79 Å². The Morgan fingerprint density at radius 1 is 1.45 bits per heavy atom. The number of rotatable bonds is 7. The molecule has 0 saturated heterocycles. The third-order valence-electron chi connectivity index (χ3n) is 3.21. The van der Waals surface area contributed by atoms with Crippen molar-refractivity contribution in [3.05, 3.63) is 4.88 Å². The van der Waals surface area contributed by atoms with E-state index in [1.54, 1.807) is 0 Å². The highest BCUT2D eigenvalue weighted by Crippen LogP contribution is 2.25. The summed E-state index contributed by atoms with van der Waals surface area (Å²) in [6.45, 7) is 12.0. The SMILES string of the molecule is CCC(C)(C)CNC(=O)c1sc(NCC(C)C)nc1N. The number of nitrogens with zero attached hydrogens (tertiary/aromatic N) is 1. The molecule has 1 aromatic heterocycles. The maximum absolute atomic E-state index is 12.1. The van der Waals surface area contributed by atoms with Gasteiger partial charge < -0.3 is 16.4 Å². The maximum atomic E-state index is 12.1. The molecule has 1 rings (SSSR count). The lowest BCUT2D eigenvalue weighted by Crippen LogP contribution is -2.33. The average molecular weight is 298 g/mol. The minimum atomic E-state index is -0.140. The molecule has 1 heterocycles. The molecular weight excluding hydrogens is 272 g/mol. The van der Waals surface area contributed by atoms with Gasteiger partial charge in [-0.2, -0.15) is 0 Å². The van der Waals surface area contributed by atoms with E-state index >= 15 is 0 Å². The summed E-state index contributed by atoms with van der Waals surface area (Å²) < 4.78 is 0. The molecule has 0 unspecified atom stereocenters. The van der Waals surface area contributed by atoms with Gasteiger partial charge in [0.1, 0.15) is 10.7 Å². The van der Waals surface area contributed by atoms with E-state index in [1.165, 1.54) is 11.3 Å². The number of aromatic nitrogens is 1. The van der Waals surface area contributed by atoms with Crippen molar-refractivity contribution in [3.8, 4) is 0 Å². The summed E-state index contributed by atoms with van der Waals surface area (Å²) >= 11 is 1.31. The van der Waals surface area contributed by atoms with Crippen LogP contribution >= 0.6 is 11.3 Å². The molecule has 114 valence electrons. The van der Waals surface area contributed by atoms with Crippen molar-refractivity contribution in [2.24, 2.45) is 11.3 Å². The lowest BCUT2D eigenvalue weighted by molar-refractivity contribution is 0.0940. The molecule has 1 amide bonds. The summed E-state index contributed by atoms with van der Waals surface area (Å²) in [7, 11) is 0. The Morgan fingerprint density at radius 3 is 2.65 bits per heavy atom. The Labute approximate surface area is 125 Å². The third kappa shape index (κ3) is 5.00. The Hall–Kier alpha value is -1.30. The first-order chi connectivity index (χ1) is 9.25. The molecule has 0 aromatic carbocycles. The van der Waals surface area contributed by atoms with Crippen molar-refractivity contribution < 1.29 is 4.79 Å². The van der Waals surface area contributed by atoms with Gasteiger partial charge in [-0.1, -0.05) is 46.0 Å². The molecule has 0 fully saturated rings. The second-order valence-electron chi connectivity index (χ2n) is 6.21. The van der Waals surface area contributed by atoms with E-state index < -0.39 is 0 Å². The fraction of sp³-hybridized carbons (Fsp3) is 0.714. The second kappa shape index (κ2) is 6.92. The van der Waals surface area contributed by atoms with E-state index in [-0.39, 0.29) is 11.3 Å². The molecular formula is C14H26N4OS. The van der Waals surface area contributed by atoms with Crippen LogP contribution in [-0.2, 0) is 0 Å². The summed E-state index contributed by atoms with van der Waals surface area (Å²) in [6, 6.07) is 0. The van der Waals surface area contributed by atoms with Gasteiger partial charge in [0.25, 0.3) is 5.91 Å². The van der Waals surface area contributed by atoms with Gasteiger partial charge in [-0.25, -0.2) is 4.98 Å². The summed E-state index contributed by atoms with van der Waals surface area (Å²) in [5.74, 6) is 0.676. The van der Waals surface area contributed by atoms with Crippen LogP contribution < -0.4 is 16.4 Å². The molecule has 6 heteroatoms. The van der Waals surface area contributed by atoms with Crippen LogP contribution in [0.5, 0.6) is 0 Å². The maximum Gasteiger partial charge on any atom is 0.265 e. The highest BCUT2D eigenvalue weighted by molar-refractivity contribution is 7.18. The number of hydrogen-bond acceptors (Lipinski definition) is 5. The first-order valence-electron chi connectivity index (χ1n) is 7.03. The van der Waals surface area contributed by atoms with E-state index in [0.717, 1.165) is 13.0 Å². The number of nitrogens with one attached hydrogen (secondary N) is 2. The number of carbonyl (C=O) groups excluding carboxylic acids is 1. The molecule has 0 atom stereocenters. The van der Waals surface area contributed by atoms with Crippen LogP contribution in [-0.4, -0.2) is 24.0 Å². The van der Waals surface area contributed by atoms with Crippen LogP contribution in [0.15, 0.2) is 0 Å². The van der Waals surface area contributed by atoms with Crippen LogP contribution in [0.1, 0.15) is 50.7 Å². The zero-order valence-electron chi connectivity index (χ0n) is 13.0. The van der Waals surface area contributed by atoms with Crippen LogP contribution in [0, 0.1) is 11.3 Å². The normalized spacial score (nSPS) is 11.7. The van der Waals surface area contributed by atoms with Crippen molar-refractivity contribution >= 4 is 28.2 Å². The quantitative estimate of drug-likeness (QED) is 0.723. The fourth-order valence-electron chi connectivity index (χ4n) is 1.39. The number of carbonyl (C=O) groups is 1. The first-order valence-corrected chi connectivity index (χ1v) is 7.85. The molecule has 0 spiro atoms. The summed E-state index contributed by atoms with van der Waals surface area (Å²) in [5, 5.41) is 6.83. The van der Waals surface area contributed by atoms with Gasteiger partial charge in [0.15, 0.2) is 5.13 Å². The average Bonchev–Trinajstić information content (AvgIpc) is 2.75. The zero-order valence-corrected chi connectivity index (χ0v) is 13.9. The number of nitrogen functional groups attached to an aromatic ring is 1. The van der Waals surface area contributed by atoms with Crippen LogP contribution in [0.25, 0.3) is 0 Å². The Balaban J connectivity index is 2.64. The number of thiazole rings is 1. The summed E-state index contributed by atoms with van der Waals surface area (Å²) in [6.07, 6.45) is 1.01. The standard InChI is InChI=1S/C14H26N4OS/c1-6-14(4,5)8-17-12(19)10-11(15)18-13(20-10)16-7-9(2)3/h9H,6-8,15H2,1-5H3,(H,16,18)(H,17,19). The molecule has 20 heavy (non-hydrogen) atoms. The molecule has 0 radical (unpaired) electrons. The van der Waals surface area contributed by atoms with Gasteiger partial charge in [-0.15, -0.1) is 0 Å². The topological polar surface area (TPSA) is 80.0 Å². The van der Waals surface area contributed by atoms with E-state index in [2.05, 4.69) is 50.2 Å². The number of amides is 1. The van der Waals surface area contributed by atoms with Gasteiger partial charge in [0.05, 0.1) is 0 Å². The monoisotopic (exact) mass is 298 g/mol. The highest BCUT2D eigenvalue weighted by atomic mass is 32.1. The van der Waals surface area contributed by atoms with Crippen molar-refractivity contribution in [2.75, 3.05) is 24.1 Å². The summed E-state index contributed by atoms with van der Waals surface area (Å²) in [4.78, 5) is 16.8. The third-order valence-corrected chi connectivity index (χ3v) is 4.23. The lowest BCUT2D eigenvalue weighted by Gasteiger charge is -2.22. The van der Waals surface area contributed by atoms with E-state index in [9.17, 15) is 4.79 Å². The Morgan fingerprint density at radius 2 is 2.10 bits per heavy atom. The lowest BCUT2D eigenvalue weighted by atomic mass is 9.90. The molecule has 0 aliphatic carbocycles.